The fourth-order valence-electron chi connectivity index (χ4n) is 5.51. The van der Waals surface area contributed by atoms with Crippen LogP contribution in [0.1, 0.15) is 24.8 Å². The third-order valence-electron chi connectivity index (χ3n) is 7.04. The maximum atomic E-state index is 14.1. The zero-order chi connectivity index (χ0) is 23.7. The molecule has 35 heavy (non-hydrogen) atoms. The SMILES string of the molecule is COc1nc(N2CC3CCC(C2)N3)c2c(n1)sc1c(-c3c(C(F)F)ccc4[nH]ncc34)nccc12. The molecule has 7 rings (SSSR count). The number of methoxy groups -OCH3 is 1. The maximum Gasteiger partial charge on any atom is 0.319 e. The number of ether oxygens (including phenoxy) is 1. The highest BCUT2D eigenvalue weighted by atomic mass is 32.1. The molecule has 2 aliphatic rings. The van der Waals surface area contributed by atoms with E-state index in [0.29, 0.717) is 40.3 Å². The van der Waals surface area contributed by atoms with Crippen LogP contribution in [-0.2, 0) is 0 Å². The first-order chi connectivity index (χ1) is 17.1. The first-order valence-electron chi connectivity index (χ1n) is 11.5. The molecule has 11 heteroatoms. The van der Waals surface area contributed by atoms with Gasteiger partial charge in [0.25, 0.3) is 6.43 Å². The molecule has 5 aromatic rings. The van der Waals surface area contributed by atoms with E-state index in [1.165, 1.54) is 17.4 Å². The lowest BCUT2D eigenvalue weighted by Crippen LogP contribution is -2.51. The summed E-state index contributed by atoms with van der Waals surface area (Å²) in [5.74, 6) is 0.823. The van der Waals surface area contributed by atoms with E-state index in [2.05, 4.69) is 30.4 Å². The highest BCUT2D eigenvalue weighted by molar-refractivity contribution is 7.26. The summed E-state index contributed by atoms with van der Waals surface area (Å²) < 4.78 is 34.5. The van der Waals surface area contributed by atoms with Crippen molar-refractivity contribution in [2.75, 3.05) is 25.1 Å². The monoisotopic (exact) mass is 493 g/mol. The van der Waals surface area contributed by atoms with Crippen LogP contribution in [0.3, 0.4) is 0 Å². The van der Waals surface area contributed by atoms with Crippen molar-refractivity contribution in [1.82, 2.24) is 30.5 Å². The van der Waals surface area contributed by atoms with Gasteiger partial charge in [0, 0.05) is 53.3 Å². The molecule has 0 amide bonds. The lowest BCUT2D eigenvalue weighted by atomic mass is 9.99. The number of piperazine rings is 1. The molecule has 2 N–H and O–H groups in total. The van der Waals surface area contributed by atoms with E-state index >= 15 is 0 Å². The quantitative estimate of drug-likeness (QED) is 0.376. The van der Waals surface area contributed by atoms with E-state index in [1.54, 1.807) is 25.6 Å². The zero-order valence-corrected chi connectivity index (χ0v) is 19.6. The Kier molecular flexibility index (Phi) is 4.65. The molecule has 0 aliphatic carbocycles. The Hall–Kier alpha value is -3.44. The van der Waals surface area contributed by atoms with Crippen LogP contribution in [0.5, 0.6) is 6.01 Å². The molecule has 2 bridgehead atoms. The fourth-order valence-corrected chi connectivity index (χ4v) is 6.66. The lowest BCUT2D eigenvalue weighted by molar-refractivity contribution is 0.152. The summed E-state index contributed by atoms with van der Waals surface area (Å²) in [5, 5.41) is 13.0. The molecule has 178 valence electrons. The van der Waals surface area contributed by atoms with Gasteiger partial charge in [0.2, 0.25) is 0 Å². The molecule has 6 heterocycles. The number of aromatic nitrogens is 5. The number of anilines is 1. The Bertz CT molecular complexity index is 1590. The number of aromatic amines is 1. The Morgan fingerprint density at radius 2 is 1.94 bits per heavy atom. The molecule has 2 fully saturated rings. The summed E-state index contributed by atoms with van der Waals surface area (Å²) in [5.41, 5.74) is 1.50. The second-order valence-corrected chi connectivity index (χ2v) is 10.1. The smallest absolute Gasteiger partial charge is 0.319 e. The van der Waals surface area contributed by atoms with Gasteiger partial charge in [-0.25, -0.2) is 8.78 Å². The van der Waals surface area contributed by atoms with Crippen molar-refractivity contribution < 1.29 is 13.5 Å². The number of nitrogens with one attached hydrogen (secondary N) is 2. The van der Waals surface area contributed by atoms with Gasteiger partial charge in [0.05, 0.1) is 34.6 Å². The fraction of sp³-hybridized carbons (Fsp3) is 0.333. The number of benzene rings is 1. The number of hydrogen-bond acceptors (Lipinski definition) is 8. The molecule has 0 saturated carbocycles. The Morgan fingerprint density at radius 3 is 2.71 bits per heavy atom. The number of hydrogen-bond donors (Lipinski definition) is 2. The Morgan fingerprint density at radius 1 is 1.11 bits per heavy atom. The maximum absolute atomic E-state index is 14.1. The van der Waals surface area contributed by atoms with Crippen molar-refractivity contribution >= 4 is 48.4 Å². The van der Waals surface area contributed by atoms with Crippen LogP contribution in [-0.4, -0.2) is 57.4 Å². The van der Waals surface area contributed by atoms with Crippen LogP contribution in [0.4, 0.5) is 14.6 Å². The molecule has 2 saturated heterocycles. The van der Waals surface area contributed by atoms with Gasteiger partial charge in [-0.05, 0) is 25.0 Å². The second-order valence-electron chi connectivity index (χ2n) is 9.06. The largest absolute Gasteiger partial charge is 0.467 e. The normalized spacial score (nSPS) is 20.1. The van der Waals surface area contributed by atoms with Gasteiger partial charge >= 0.3 is 6.01 Å². The minimum absolute atomic E-state index is 0.0704. The number of nitrogens with zero attached hydrogens (tertiary/aromatic N) is 5. The molecule has 2 atom stereocenters. The average molecular weight is 494 g/mol. The minimum Gasteiger partial charge on any atom is -0.467 e. The van der Waals surface area contributed by atoms with Gasteiger partial charge < -0.3 is 15.0 Å². The van der Waals surface area contributed by atoms with Crippen molar-refractivity contribution in [3.63, 3.8) is 0 Å². The predicted molar refractivity (Wildman–Crippen MR) is 131 cm³/mol. The van der Waals surface area contributed by atoms with Crippen molar-refractivity contribution in [3.05, 3.63) is 36.2 Å². The van der Waals surface area contributed by atoms with E-state index in [9.17, 15) is 8.78 Å². The number of thiophene rings is 1. The molecular formula is C24H21F2N7OS. The summed E-state index contributed by atoms with van der Waals surface area (Å²) in [6.45, 7) is 1.70. The van der Waals surface area contributed by atoms with Gasteiger partial charge in [-0.3, -0.25) is 10.1 Å². The summed E-state index contributed by atoms with van der Waals surface area (Å²) in [4.78, 5) is 17.1. The van der Waals surface area contributed by atoms with Crippen molar-refractivity contribution in [1.29, 1.82) is 0 Å². The van der Waals surface area contributed by atoms with Gasteiger partial charge in [0.1, 0.15) is 10.6 Å². The zero-order valence-electron chi connectivity index (χ0n) is 18.8. The molecule has 2 unspecified atom stereocenters. The summed E-state index contributed by atoms with van der Waals surface area (Å²) in [6, 6.07) is 6.15. The standard InChI is InChI=1S/C24H21F2N7OS/c1-34-24-30-22(33-9-11-2-3-12(10-33)29-11)18-13-6-7-27-19(20(13)35-23(18)31-24)17-14(21(25)26)4-5-16-15(17)8-28-32-16/h4-8,11-12,21,29H,2-3,9-10H2,1H3,(H,28,32). The van der Waals surface area contributed by atoms with Crippen LogP contribution in [0.2, 0.25) is 0 Å². The van der Waals surface area contributed by atoms with Crippen LogP contribution in [0, 0.1) is 0 Å². The molecular weight excluding hydrogens is 472 g/mol. The molecule has 0 radical (unpaired) electrons. The summed E-state index contributed by atoms with van der Waals surface area (Å²) >= 11 is 1.43. The number of alkyl halides is 2. The number of H-pyrrole nitrogens is 1. The third kappa shape index (κ3) is 3.18. The van der Waals surface area contributed by atoms with Crippen molar-refractivity contribution in [3.8, 4) is 17.3 Å². The topological polar surface area (TPSA) is 91.8 Å². The van der Waals surface area contributed by atoms with E-state index in [0.717, 1.165) is 52.1 Å². The van der Waals surface area contributed by atoms with E-state index in [4.69, 9.17) is 9.72 Å². The first-order valence-corrected chi connectivity index (χ1v) is 12.3. The van der Waals surface area contributed by atoms with E-state index in [1.807, 2.05) is 6.07 Å². The summed E-state index contributed by atoms with van der Waals surface area (Å²) in [7, 11) is 1.56. The van der Waals surface area contributed by atoms with Crippen LogP contribution < -0.4 is 15.0 Å². The molecule has 1 aromatic carbocycles. The molecule has 2 aliphatic heterocycles. The minimum atomic E-state index is -2.65. The average Bonchev–Trinajstić information content (AvgIpc) is 3.58. The third-order valence-corrected chi connectivity index (χ3v) is 8.14. The van der Waals surface area contributed by atoms with Gasteiger partial charge in [0.15, 0.2) is 0 Å². The van der Waals surface area contributed by atoms with Crippen LogP contribution >= 0.6 is 11.3 Å². The molecule has 4 aromatic heterocycles. The number of halogens is 2. The number of fused-ring (bicyclic) bond motifs is 6. The van der Waals surface area contributed by atoms with Gasteiger partial charge in [-0.2, -0.15) is 15.1 Å². The van der Waals surface area contributed by atoms with Gasteiger partial charge in [-0.15, -0.1) is 11.3 Å². The first kappa shape index (κ1) is 20.9. The second kappa shape index (κ2) is 7.79. The highest BCUT2D eigenvalue weighted by Crippen LogP contribution is 2.45. The van der Waals surface area contributed by atoms with Crippen LogP contribution in [0.25, 0.3) is 42.5 Å². The van der Waals surface area contributed by atoms with Crippen molar-refractivity contribution in [2.45, 2.75) is 31.4 Å². The molecule has 8 nitrogen and oxygen atoms in total. The lowest BCUT2D eigenvalue weighted by Gasteiger charge is -2.34. The number of pyridine rings is 1. The molecule has 0 spiro atoms. The van der Waals surface area contributed by atoms with Crippen molar-refractivity contribution in [2.24, 2.45) is 0 Å². The number of rotatable bonds is 4. The van der Waals surface area contributed by atoms with E-state index < -0.39 is 6.43 Å². The van der Waals surface area contributed by atoms with Gasteiger partial charge in [-0.1, -0.05) is 6.07 Å². The predicted octanol–water partition coefficient (Wildman–Crippen LogP) is 4.67. The van der Waals surface area contributed by atoms with E-state index in [-0.39, 0.29) is 5.56 Å². The summed E-state index contributed by atoms with van der Waals surface area (Å²) in [6.07, 6.45) is 2.90. The Labute approximate surface area is 202 Å². The highest BCUT2D eigenvalue weighted by Gasteiger charge is 2.34. The van der Waals surface area contributed by atoms with Crippen LogP contribution in [0.15, 0.2) is 30.6 Å². The Balaban J connectivity index is 1.51.